The van der Waals surface area contributed by atoms with Crippen molar-refractivity contribution in [2.75, 3.05) is 6.73 Å². The van der Waals surface area contributed by atoms with Crippen molar-refractivity contribution in [1.82, 2.24) is 0 Å². The highest BCUT2D eigenvalue weighted by molar-refractivity contribution is 5.92. The summed E-state index contributed by atoms with van der Waals surface area (Å²) < 4.78 is 9.96. The van der Waals surface area contributed by atoms with Gasteiger partial charge in [0.2, 0.25) is 0 Å². The Morgan fingerprint density at radius 1 is 1.21 bits per heavy atom. The maximum Gasteiger partial charge on any atom is 0.339 e. The highest BCUT2D eigenvalue weighted by Crippen LogP contribution is 2.14. The molecule has 2 N–H and O–H groups in total. The topological polar surface area (TPSA) is 78.6 Å². The number of ether oxygens (including phenoxy) is 2. The molecule has 0 heterocycles. The maximum atomic E-state index is 11.8. The minimum atomic E-state index is -0.552. The number of rotatable bonds is 4. The molecule has 0 aliphatic carbocycles. The molecule has 0 bridgehead atoms. The van der Waals surface area contributed by atoms with Crippen LogP contribution in [0.4, 0.5) is 0 Å². The Kier molecular flexibility index (Phi) is 5.06. The molecule has 0 spiro atoms. The summed E-state index contributed by atoms with van der Waals surface area (Å²) >= 11 is 0. The van der Waals surface area contributed by atoms with Gasteiger partial charge in [-0.15, -0.1) is 0 Å². The molecular formula is C14H19NO4. The largest absolute Gasteiger partial charge is 0.460 e. The van der Waals surface area contributed by atoms with Crippen LogP contribution < -0.4 is 5.73 Å². The minimum Gasteiger partial charge on any atom is -0.460 e. The summed E-state index contributed by atoms with van der Waals surface area (Å²) in [6.07, 6.45) is 0.0209. The van der Waals surface area contributed by atoms with Crippen molar-refractivity contribution >= 4 is 11.9 Å². The van der Waals surface area contributed by atoms with E-state index < -0.39 is 11.6 Å². The zero-order chi connectivity index (χ0) is 14.5. The van der Waals surface area contributed by atoms with Crippen LogP contribution in [-0.4, -0.2) is 24.3 Å². The average Bonchev–Trinajstić information content (AvgIpc) is 2.27. The van der Waals surface area contributed by atoms with E-state index >= 15 is 0 Å². The average molecular weight is 265 g/mol. The van der Waals surface area contributed by atoms with Crippen molar-refractivity contribution in [2.45, 2.75) is 32.8 Å². The fraction of sp³-hybridized carbons (Fsp3) is 0.429. The number of carbonyl (C=O) groups is 2. The molecule has 1 aromatic carbocycles. The van der Waals surface area contributed by atoms with Crippen molar-refractivity contribution in [3.05, 3.63) is 35.4 Å². The van der Waals surface area contributed by atoms with Crippen molar-refractivity contribution in [1.29, 1.82) is 0 Å². The van der Waals surface area contributed by atoms with E-state index in [2.05, 4.69) is 0 Å². The minimum absolute atomic E-state index is 0.0209. The predicted molar refractivity (Wildman–Crippen MR) is 70.5 cm³/mol. The molecular weight excluding hydrogens is 246 g/mol. The molecule has 5 heteroatoms. The van der Waals surface area contributed by atoms with Crippen LogP contribution in [0.1, 0.15) is 36.7 Å². The summed E-state index contributed by atoms with van der Waals surface area (Å²) in [6, 6.07) is 6.74. The van der Waals surface area contributed by atoms with E-state index in [4.69, 9.17) is 15.2 Å². The molecule has 19 heavy (non-hydrogen) atoms. The van der Waals surface area contributed by atoms with Gasteiger partial charge in [-0.25, -0.2) is 4.79 Å². The monoisotopic (exact) mass is 265 g/mol. The first-order valence-corrected chi connectivity index (χ1v) is 6.00. The van der Waals surface area contributed by atoms with Crippen LogP contribution in [0.15, 0.2) is 24.3 Å². The zero-order valence-electron chi connectivity index (χ0n) is 11.4. The second-order valence-electron chi connectivity index (χ2n) is 5.02. The number of hydrogen-bond donors (Lipinski definition) is 1. The molecule has 1 rings (SSSR count). The second kappa shape index (κ2) is 6.33. The lowest BCUT2D eigenvalue weighted by atomic mass is 10.0. The summed E-state index contributed by atoms with van der Waals surface area (Å²) in [5, 5.41) is 0. The number of nitrogens with two attached hydrogens (primary N) is 1. The smallest absolute Gasteiger partial charge is 0.339 e. The lowest BCUT2D eigenvalue weighted by Gasteiger charge is -2.19. The van der Waals surface area contributed by atoms with Crippen molar-refractivity contribution < 1.29 is 19.1 Å². The molecule has 0 fully saturated rings. The van der Waals surface area contributed by atoms with Crippen LogP contribution >= 0.6 is 0 Å². The van der Waals surface area contributed by atoms with E-state index in [-0.39, 0.29) is 19.1 Å². The molecule has 0 radical (unpaired) electrons. The maximum absolute atomic E-state index is 11.8. The Balaban J connectivity index is 2.84. The van der Waals surface area contributed by atoms with Gasteiger partial charge in [0, 0.05) is 0 Å². The molecule has 0 aromatic heterocycles. The molecule has 5 nitrogen and oxygen atoms in total. The molecule has 0 aliphatic heterocycles. The first-order valence-electron chi connectivity index (χ1n) is 6.00. The Bertz CT molecular complexity index is 463. The van der Waals surface area contributed by atoms with Gasteiger partial charge in [0.05, 0.1) is 12.0 Å². The Morgan fingerprint density at radius 2 is 1.84 bits per heavy atom. The van der Waals surface area contributed by atoms with E-state index in [9.17, 15) is 9.59 Å². The summed E-state index contributed by atoms with van der Waals surface area (Å²) in [5.41, 5.74) is 5.51. The van der Waals surface area contributed by atoms with Crippen LogP contribution in [-0.2, 0) is 20.7 Å². The van der Waals surface area contributed by atoms with Gasteiger partial charge in [-0.2, -0.15) is 0 Å². The van der Waals surface area contributed by atoms with E-state index in [1.54, 1.807) is 45.0 Å². The standard InChI is InChI=1S/C14H19NO4/c1-14(2,3)19-12(16)8-10-6-4-5-7-11(10)13(17)18-9-15/h4-7H,8-9,15H2,1-3H3. The van der Waals surface area contributed by atoms with E-state index in [0.29, 0.717) is 11.1 Å². The van der Waals surface area contributed by atoms with Gasteiger partial charge in [0.15, 0.2) is 0 Å². The molecule has 0 amide bonds. The lowest BCUT2D eigenvalue weighted by Crippen LogP contribution is -2.25. The van der Waals surface area contributed by atoms with Crippen LogP contribution in [0, 0.1) is 0 Å². The first-order chi connectivity index (χ1) is 8.83. The van der Waals surface area contributed by atoms with Crippen molar-refractivity contribution in [2.24, 2.45) is 5.73 Å². The van der Waals surface area contributed by atoms with E-state index in [1.807, 2.05) is 0 Å². The van der Waals surface area contributed by atoms with Gasteiger partial charge in [-0.05, 0) is 32.4 Å². The third-order valence-corrected chi connectivity index (χ3v) is 2.21. The molecule has 1 aromatic rings. The predicted octanol–water partition coefficient (Wildman–Crippen LogP) is 1.64. The van der Waals surface area contributed by atoms with Crippen LogP contribution in [0.3, 0.4) is 0 Å². The molecule has 104 valence electrons. The fourth-order valence-electron chi connectivity index (χ4n) is 1.56. The van der Waals surface area contributed by atoms with Gasteiger partial charge in [-0.3, -0.25) is 10.5 Å². The fourth-order valence-corrected chi connectivity index (χ4v) is 1.56. The Labute approximate surface area is 112 Å². The Morgan fingerprint density at radius 3 is 2.42 bits per heavy atom. The second-order valence-corrected chi connectivity index (χ2v) is 5.02. The summed E-state index contributed by atoms with van der Waals surface area (Å²) in [6.45, 7) is 5.18. The first kappa shape index (κ1) is 15.2. The third kappa shape index (κ3) is 5.09. The summed E-state index contributed by atoms with van der Waals surface area (Å²) in [5.74, 6) is -0.929. The van der Waals surface area contributed by atoms with E-state index in [1.165, 1.54) is 0 Å². The van der Waals surface area contributed by atoms with Gasteiger partial charge in [0.25, 0.3) is 0 Å². The lowest BCUT2D eigenvalue weighted by molar-refractivity contribution is -0.153. The number of benzene rings is 1. The van der Waals surface area contributed by atoms with Gasteiger partial charge >= 0.3 is 11.9 Å². The molecule has 0 saturated carbocycles. The molecule has 0 atom stereocenters. The van der Waals surface area contributed by atoms with Gasteiger partial charge in [0.1, 0.15) is 12.3 Å². The SMILES string of the molecule is CC(C)(C)OC(=O)Cc1ccccc1C(=O)OCN. The highest BCUT2D eigenvalue weighted by Gasteiger charge is 2.19. The number of carbonyl (C=O) groups excluding carboxylic acids is 2. The van der Waals surface area contributed by atoms with Crippen LogP contribution in [0.25, 0.3) is 0 Å². The number of esters is 2. The Hall–Kier alpha value is -1.88. The highest BCUT2D eigenvalue weighted by atomic mass is 16.6. The zero-order valence-corrected chi connectivity index (χ0v) is 11.4. The quantitative estimate of drug-likeness (QED) is 0.661. The molecule has 0 unspecified atom stereocenters. The molecule has 0 aliphatic rings. The summed E-state index contributed by atoms with van der Waals surface area (Å²) in [4.78, 5) is 23.4. The third-order valence-electron chi connectivity index (χ3n) is 2.21. The van der Waals surface area contributed by atoms with Crippen molar-refractivity contribution in [3.63, 3.8) is 0 Å². The van der Waals surface area contributed by atoms with Gasteiger partial charge < -0.3 is 9.47 Å². The van der Waals surface area contributed by atoms with Crippen LogP contribution in [0.5, 0.6) is 0 Å². The summed E-state index contributed by atoms with van der Waals surface area (Å²) in [7, 11) is 0. The van der Waals surface area contributed by atoms with Gasteiger partial charge in [-0.1, -0.05) is 18.2 Å². The van der Waals surface area contributed by atoms with E-state index in [0.717, 1.165) is 0 Å². The number of hydrogen-bond acceptors (Lipinski definition) is 5. The van der Waals surface area contributed by atoms with Crippen molar-refractivity contribution in [3.8, 4) is 0 Å². The molecule has 0 saturated heterocycles. The van der Waals surface area contributed by atoms with Crippen LogP contribution in [0.2, 0.25) is 0 Å². The normalized spacial score (nSPS) is 10.9.